The normalized spacial score (nSPS) is 15.2. The van der Waals surface area contributed by atoms with Crippen molar-refractivity contribution in [1.29, 1.82) is 0 Å². The number of phenolic OH excluding ortho intramolecular Hbond substituents is 1. The van der Waals surface area contributed by atoms with Crippen molar-refractivity contribution in [2.24, 2.45) is 0 Å². The number of hydrogen-bond acceptors (Lipinski definition) is 5. The number of nitrogens with zero attached hydrogens (tertiary/aromatic N) is 1. The maximum absolute atomic E-state index is 13.1. The van der Waals surface area contributed by atoms with Gasteiger partial charge in [0.2, 0.25) is 0 Å². The highest BCUT2D eigenvalue weighted by molar-refractivity contribution is 6.16. The molecule has 0 aromatic heterocycles. The van der Waals surface area contributed by atoms with E-state index >= 15 is 0 Å². The Bertz CT molecular complexity index is 992. The van der Waals surface area contributed by atoms with Crippen molar-refractivity contribution in [3.8, 4) is 11.5 Å². The monoisotopic (exact) mass is 393 g/mol. The van der Waals surface area contributed by atoms with E-state index in [0.29, 0.717) is 24.2 Å². The van der Waals surface area contributed by atoms with Crippen LogP contribution in [0.25, 0.3) is 6.08 Å². The second-order valence-electron chi connectivity index (χ2n) is 6.60. The van der Waals surface area contributed by atoms with Crippen LogP contribution in [0.2, 0.25) is 0 Å². The van der Waals surface area contributed by atoms with Gasteiger partial charge in [0.15, 0.2) is 11.5 Å². The molecule has 150 valence electrons. The van der Waals surface area contributed by atoms with Gasteiger partial charge in [-0.1, -0.05) is 42.5 Å². The van der Waals surface area contributed by atoms with Crippen LogP contribution in [-0.2, 0) is 20.7 Å². The Balaban J connectivity index is 1.98. The number of allylic oxidation sites excluding steroid dienone is 1. The molecule has 1 aliphatic rings. The maximum atomic E-state index is 13.1. The Labute approximate surface area is 169 Å². The summed E-state index contributed by atoms with van der Waals surface area (Å²) in [5.41, 5.74) is 2.40. The van der Waals surface area contributed by atoms with E-state index in [4.69, 9.17) is 9.47 Å². The number of rotatable bonds is 6. The van der Waals surface area contributed by atoms with Gasteiger partial charge in [-0.3, -0.25) is 4.79 Å². The quantitative estimate of drug-likeness (QED) is 0.602. The van der Waals surface area contributed by atoms with E-state index < -0.39 is 5.97 Å². The molecule has 1 N–H and O–H groups in total. The number of carbonyl (C=O) groups excluding carboxylic acids is 2. The number of phenols is 1. The van der Waals surface area contributed by atoms with Crippen molar-refractivity contribution in [2.45, 2.75) is 13.3 Å². The second-order valence-corrected chi connectivity index (χ2v) is 6.60. The highest BCUT2D eigenvalue weighted by atomic mass is 16.5. The van der Waals surface area contributed by atoms with Crippen LogP contribution in [0.3, 0.4) is 0 Å². The molecule has 1 aliphatic heterocycles. The Morgan fingerprint density at radius 3 is 2.48 bits per heavy atom. The molecule has 0 aliphatic carbocycles. The lowest BCUT2D eigenvalue weighted by Crippen LogP contribution is -2.27. The molecule has 0 radical (unpaired) electrons. The van der Waals surface area contributed by atoms with Gasteiger partial charge >= 0.3 is 5.97 Å². The highest BCUT2D eigenvalue weighted by Crippen LogP contribution is 2.36. The van der Waals surface area contributed by atoms with Crippen molar-refractivity contribution in [2.75, 3.05) is 20.8 Å². The first-order valence-electron chi connectivity index (χ1n) is 9.21. The molecule has 1 heterocycles. The summed E-state index contributed by atoms with van der Waals surface area (Å²) in [7, 11) is 2.72. The molecule has 3 rings (SSSR count). The molecule has 0 fully saturated rings. The van der Waals surface area contributed by atoms with E-state index in [-0.39, 0.29) is 28.6 Å². The molecule has 6 nitrogen and oxygen atoms in total. The van der Waals surface area contributed by atoms with Gasteiger partial charge in [0.25, 0.3) is 5.91 Å². The Morgan fingerprint density at radius 1 is 1.10 bits per heavy atom. The van der Waals surface area contributed by atoms with Crippen molar-refractivity contribution >= 4 is 18.0 Å². The zero-order valence-corrected chi connectivity index (χ0v) is 16.6. The Hall–Kier alpha value is -3.54. The average molecular weight is 393 g/mol. The minimum absolute atomic E-state index is 0.0973. The predicted molar refractivity (Wildman–Crippen MR) is 109 cm³/mol. The second kappa shape index (κ2) is 8.65. The molecular formula is C23H23NO5. The molecule has 0 bridgehead atoms. The van der Waals surface area contributed by atoms with Gasteiger partial charge in [-0.15, -0.1) is 0 Å². The largest absolute Gasteiger partial charge is 0.504 e. The van der Waals surface area contributed by atoms with Gasteiger partial charge in [0, 0.05) is 17.8 Å². The number of methoxy groups -OCH3 is 2. The van der Waals surface area contributed by atoms with Gasteiger partial charge in [0.1, 0.15) is 0 Å². The summed E-state index contributed by atoms with van der Waals surface area (Å²) in [5.74, 6) is -0.710. The van der Waals surface area contributed by atoms with E-state index in [9.17, 15) is 14.7 Å². The summed E-state index contributed by atoms with van der Waals surface area (Å²) in [4.78, 5) is 27.1. The van der Waals surface area contributed by atoms with E-state index in [2.05, 4.69) is 0 Å². The van der Waals surface area contributed by atoms with E-state index in [0.717, 1.165) is 5.56 Å². The molecule has 6 heteroatoms. The molecular weight excluding hydrogens is 370 g/mol. The van der Waals surface area contributed by atoms with Crippen LogP contribution in [-0.4, -0.2) is 42.6 Å². The molecule has 0 atom stereocenters. The zero-order chi connectivity index (χ0) is 21.0. The fourth-order valence-electron chi connectivity index (χ4n) is 3.36. The summed E-state index contributed by atoms with van der Waals surface area (Å²) in [6, 6.07) is 14.8. The third-order valence-electron chi connectivity index (χ3n) is 4.92. The number of ether oxygens (including phenoxy) is 2. The summed E-state index contributed by atoms with van der Waals surface area (Å²) >= 11 is 0. The number of amides is 1. The van der Waals surface area contributed by atoms with Gasteiger partial charge in [-0.05, 0) is 31.1 Å². The van der Waals surface area contributed by atoms with Crippen molar-refractivity contribution in [1.82, 2.24) is 4.90 Å². The maximum Gasteiger partial charge on any atom is 0.340 e. The van der Waals surface area contributed by atoms with E-state index in [1.165, 1.54) is 20.3 Å². The Kier molecular flexibility index (Phi) is 6.02. The minimum Gasteiger partial charge on any atom is -0.504 e. The summed E-state index contributed by atoms with van der Waals surface area (Å²) < 4.78 is 10.0. The Morgan fingerprint density at radius 2 is 1.83 bits per heavy atom. The smallest absolute Gasteiger partial charge is 0.340 e. The summed E-state index contributed by atoms with van der Waals surface area (Å²) in [5, 5.41) is 10.4. The van der Waals surface area contributed by atoms with Crippen LogP contribution in [0.15, 0.2) is 65.4 Å². The fourth-order valence-corrected chi connectivity index (χ4v) is 3.36. The van der Waals surface area contributed by atoms with Crippen LogP contribution < -0.4 is 4.74 Å². The first-order chi connectivity index (χ1) is 14.0. The average Bonchev–Trinajstić information content (AvgIpc) is 2.97. The van der Waals surface area contributed by atoms with Crippen LogP contribution >= 0.6 is 0 Å². The van der Waals surface area contributed by atoms with E-state index in [1.54, 1.807) is 30.0 Å². The molecule has 29 heavy (non-hydrogen) atoms. The number of hydrogen-bond donors (Lipinski definition) is 1. The third kappa shape index (κ3) is 4.01. The standard InChI is InChI=1S/C23H23NO5/c1-15-20(23(27)29-3)18(14-17-10-7-11-19(28-2)21(17)25)22(26)24(15)13-12-16-8-5-4-6-9-16/h4-11,14,25H,12-13H2,1-3H3/b18-14-. The van der Waals surface area contributed by atoms with Crippen LogP contribution in [0.5, 0.6) is 11.5 Å². The SMILES string of the molecule is COC(=O)C1=C(C)N(CCc2ccccc2)C(=O)/C1=C\c1cccc(OC)c1O. The van der Waals surface area contributed by atoms with Crippen LogP contribution in [0, 0.1) is 0 Å². The fraction of sp³-hybridized carbons (Fsp3) is 0.217. The molecule has 0 saturated carbocycles. The molecule has 2 aromatic carbocycles. The number of carbonyl (C=O) groups is 2. The molecule has 0 unspecified atom stereocenters. The minimum atomic E-state index is -0.591. The molecule has 1 amide bonds. The van der Waals surface area contributed by atoms with Crippen LogP contribution in [0.4, 0.5) is 0 Å². The lowest BCUT2D eigenvalue weighted by atomic mass is 10.0. The highest BCUT2D eigenvalue weighted by Gasteiger charge is 2.36. The first kappa shape index (κ1) is 20.2. The van der Waals surface area contributed by atoms with Crippen molar-refractivity contribution in [3.05, 3.63) is 76.5 Å². The summed E-state index contributed by atoms with van der Waals surface area (Å²) in [6.07, 6.45) is 2.15. The zero-order valence-electron chi connectivity index (χ0n) is 16.6. The summed E-state index contributed by atoms with van der Waals surface area (Å²) in [6.45, 7) is 2.15. The number of benzene rings is 2. The van der Waals surface area contributed by atoms with Gasteiger partial charge < -0.3 is 19.5 Å². The van der Waals surface area contributed by atoms with Crippen molar-refractivity contribution in [3.63, 3.8) is 0 Å². The molecule has 0 saturated heterocycles. The third-order valence-corrected chi connectivity index (χ3v) is 4.92. The van der Waals surface area contributed by atoms with E-state index in [1.807, 2.05) is 30.3 Å². The van der Waals surface area contributed by atoms with Gasteiger partial charge in [-0.2, -0.15) is 0 Å². The number of aromatic hydroxyl groups is 1. The van der Waals surface area contributed by atoms with Gasteiger partial charge in [-0.25, -0.2) is 4.79 Å². The molecule has 0 spiro atoms. The predicted octanol–water partition coefficient (Wildman–Crippen LogP) is 3.32. The lowest BCUT2D eigenvalue weighted by Gasteiger charge is -2.17. The van der Waals surface area contributed by atoms with Gasteiger partial charge in [0.05, 0.1) is 25.4 Å². The molecule has 2 aromatic rings. The van der Waals surface area contributed by atoms with Crippen LogP contribution in [0.1, 0.15) is 18.1 Å². The number of esters is 1. The number of para-hydroxylation sites is 1. The topological polar surface area (TPSA) is 76.1 Å². The first-order valence-corrected chi connectivity index (χ1v) is 9.21. The van der Waals surface area contributed by atoms with Crippen molar-refractivity contribution < 1.29 is 24.2 Å². The lowest BCUT2D eigenvalue weighted by molar-refractivity contribution is -0.136.